The maximum atomic E-state index is 13.8. The van der Waals surface area contributed by atoms with Crippen molar-refractivity contribution in [2.45, 2.75) is 31.8 Å². The Labute approximate surface area is 204 Å². The van der Waals surface area contributed by atoms with Crippen LogP contribution in [0.4, 0.5) is 5.82 Å². The van der Waals surface area contributed by atoms with Crippen LogP contribution in [-0.2, 0) is 12.1 Å². The molecule has 174 valence electrons. The number of fused-ring (bicyclic) bond motifs is 2. The van der Waals surface area contributed by atoms with Crippen LogP contribution in [0.1, 0.15) is 36.7 Å². The lowest BCUT2D eigenvalue weighted by atomic mass is 9.96. The Hall–Kier alpha value is -4.23. The lowest BCUT2D eigenvalue weighted by Gasteiger charge is -2.37. The van der Waals surface area contributed by atoms with Gasteiger partial charge in [0.2, 0.25) is 0 Å². The first-order chi connectivity index (χ1) is 17.0. The minimum absolute atomic E-state index is 0.228. The summed E-state index contributed by atoms with van der Waals surface area (Å²) in [5.74, 6) is 1.23. The van der Waals surface area contributed by atoms with E-state index in [9.17, 15) is 10.1 Å². The predicted octanol–water partition coefficient (Wildman–Crippen LogP) is 3.25. The maximum absolute atomic E-state index is 13.8. The summed E-state index contributed by atoms with van der Waals surface area (Å²) in [6, 6.07) is 7.66. The second-order valence-electron chi connectivity index (χ2n) is 8.80. The molecule has 1 atom stereocenters. The van der Waals surface area contributed by atoms with E-state index >= 15 is 0 Å². The SMILES string of the molecule is C[C@@]1(c2nn3ccc(Cl)c3c(=O)n2Cc2cccnc2)CCCN1c1ncnc2[nH]cc(C#N)c12. The lowest BCUT2D eigenvalue weighted by Crippen LogP contribution is -2.45. The lowest BCUT2D eigenvalue weighted by molar-refractivity contribution is 0.415. The van der Waals surface area contributed by atoms with Gasteiger partial charge in [-0.15, -0.1) is 0 Å². The third kappa shape index (κ3) is 3.19. The third-order valence-corrected chi connectivity index (χ3v) is 7.04. The minimum Gasteiger partial charge on any atom is -0.345 e. The number of hydrogen-bond acceptors (Lipinski definition) is 7. The van der Waals surface area contributed by atoms with Crippen LogP contribution in [0, 0.1) is 11.3 Å². The number of nitrogens with zero attached hydrogens (tertiary/aromatic N) is 8. The van der Waals surface area contributed by atoms with Crippen LogP contribution in [0.25, 0.3) is 16.6 Å². The first kappa shape index (κ1) is 21.3. The van der Waals surface area contributed by atoms with Gasteiger partial charge in [-0.1, -0.05) is 17.7 Å². The van der Waals surface area contributed by atoms with Crippen LogP contribution in [0.3, 0.4) is 0 Å². The summed E-state index contributed by atoms with van der Waals surface area (Å²) in [6.45, 7) is 3.04. The molecular weight excluding hydrogens is 466 g/mol. The number of aromatic amines is 1. The molecule has 0 spiro atoms. The van der Waals surface area contributed by atoms with E-state index in [4.69, 9.17) is 16.7 Å². The summed E-state index contributed by atoms with van der Waals surface area (Å²) in [7, 11) is 0. The minimum atomic E-state index is -0.683. The van der Waals surface area contributed by atoms with E-state index in [1.165, 1.54) is 6.33 Å². The Kier molecular flexibility index (Phi) is 4.82. The highest BCUT2D eigenvalue weighted by molar-refractivity contribution is 6.33. The number of hydrogen-bond donors (Lipinski definition) is 1. The van der Waals surface area contributed by atoms with Crippen LogP contribution in [0.2, 0.25) is 5.02 Å². The highest BCUT2D eigenvalue weighted by atomic mass is 35.5. The number of nitriles is 1. The zero-order valence-electron chi connectivity index (χ0n) is 18.8. The highest BCUT2D eigenvalue weighted by Gasteiger charge is 2.44. The van der Waals surface area contributed by atoms with Gasteiger partial charge in [-0.05, 0) is 37.5 Å². The van der Waals surface area contributed by atoms with Crippen LogP contribution >= 0.6 is 11.6 Å². The van der Waals surface area contributed by atoms with Gasteiger partial charge >= 0.3 is 0 Å². The summed E-state index contributed by atoms with van der Waals surface area (Å²) in [6.07, 6.45) is 9.86. The Morgan fingerprint density at radius 3 is 3.00 bits per heavy atom. The number of pyridine rings is 1. The highest BCUT2D eigenvalue weighted by Crippen LogP contribution is 2.42. The van der Waals surface area contributed by atoms with Gasteiger partial charge in [-0.25, -0.2) is 14.5 Å². The van der Waals surface area contributed by atoms with Gasteiger partial charge in [0, 0.05) is 31.3 Å². The number of halogens is 1. The van der Waals surface area contributed by atoms with Crippen molar-refractivity contribution in [3.05, 3.63) is 81.6 Å². The monoisotopic (exact) mass is 485 g/mol. The smallest absolute Gasteiger partial charge is 0.279 e. The molecular formula is C24H20ClN9O. The van der Waals surface area contributed by atoms with Gasteiger partial charge in [0.1, 0.15) is 29.4 Å². The molecule has 1 aliphatic heterocycles. The van der Waals surface area contributed by atoms with Crippen molar-refractivity contribution in [2.75, 3.05) is 11.4 Å². The molecule has 5 aromatic rings. The Morgan fingerprint density at radius 2 is 2.20 bits per heavy atom. The molecule has 0 saturated carbocycles. The largest absolute Gasteiger partial charge is 0.345 e. The topological polar surface area (TPSA) is 121 Å². The molecule has 0 radical (unpaired) electrons. The number of rotatable bonds is 4. The summed E-state index contributed by atoms with van der Waals surface area (Å²) in [4.78, 5) is 32.0. The van der Waals surface area contributed by atoms with Crippen molar-refractivity contribution < 1.29 is 0 Å². The molecule has 0 aromatic carbocycles. The summed E-state index contributed by atoms with van der Waals surface area (Å²) >= 11 is 6.36. The molecule has 6 heterocycles. The van der Waals surface area contributed by atoms with Crippen molar-refractivity contribution in [1.29, 1.82) is 5.26 Å². The first-order valence-corrected chi connectivity index (χ1v) is 11.6. The first-order valence-electron chi connectivity index (χ1n) is 11.2. The van der Waals surface area contributed by atoms with Crippen molar-refractivity contribution in [1.82, 2.24) is 34.1 Å². The summed E-state index contributed by atoms with van der Waals surface area (Å²) in [5.41, 5.74) is 1.35. The van der Waals surface area contributed by atoms with Gasteiger partial charge in [0.15, 0.2) is 5.82 Å². The maximum Gasteiger partial charge on any atom is 0.279 e. The van der Waals surface area contributed by atoms with E-state index in [1.54, 1.807) is 39.9 Å². The molecule has 1 fully saturated rings. The van der Waals surface area contributed by atoms with Crippen LogP contribution in [0.5, 0.6) is 0 Å². The molecule has 5 aromatic heterocycles. The number of anilines is 1. The molecule has 0 aliphatic carbocycles. The normalized spacial score (nSPS) is 17.9. The van der Waals surface area contributed by atoms with E-state index in [0.29, 0.717) is 51.9 Å². The van der Waals surface area contributed by atoms with Crippen LogP contribution in [-0.4, -0.2) is 40.7 Å². The number of aromatic nitrogens is 7. The van der Waals surface area contributed by atoms with Crippen molar-refractivity contribution in [2.24, 2.45) is 0 Å². The fourth-order valence-electron chi connectivity index (χ4n) is 5.06. The van der Waals surface area contributed by atoms with Gasteiger partial charge in [0.05, 0.1) is 28.1 Å². The molecule has 0 unspecified atom stereocenters. The second kappa shape index (κ2) is 7.92. The molecule has 35 heavy (non-hydrogen) atoms. The Balaban J connectivity index is 1.59. The second-order valence-corrected chi connectivity index (χ2v) is 9.20. The molecule has 1 saturated heterocycles. The summed E-state index contributed by atoms with van der Waals surface area (Å²) in [5, 5.41) is 15.6. The van der Waals surface area contributed by atoms with Crippen molar-refractivity contribution in [3.63, 3.8) is 0 Å². The van der Waals surface area contributed by atoms with E-state index in [2.05, 4.69) is 37.8 Å². The van der Waals surface area contributed by atoms with Crippen molar-refractivity contribution >= 4 is 34.0 Å². The van der Waals surface area contributed by atoms with E-state index < -0.39 is 5.54 Å². The standard InChI is InChI=1S/C24H20ClN9O/c1-24(6-3-8-33(24)21-18-16(10-26)12-28-20(18)29-14-30-21)23-31-34-9-5-17(25)19(34)22(35)32(23)13-15-4-2-7-27-11-15/h2,4-5,7,9,11-12,14H,3,6,8,13H2,1H3,(H,28,29,30)/t24-/m0/s1. The predicted molar refractivity (Wildman–Crippen MR) is 130 cm³/mol. The molecule has 1 aliphatic rings. The molecule has 6 rings (SSSR count). The molecule has 1 N–H and O–H groups in total. The van der Waals surface area contributed by atoms with Gasteiger partial charge in [-0.3, -0.25) is 14.3 Å². The average Bonchev–Trinajstić information content (AvgIpc) is 3.58. The Bertz CT molecular complexity index is 1680. The third-order valence-electron chi connectivity index (χ3n) is 6.74. The van der Waals surface area contributed by atoms with Gasteiger partial charge in [0.25, 0.3) is 5.56 Å². The Morgan fingerprint density at radius 1 is 1.31 bits per heavy atom. The fourth-order valence-corrected chi connectivity index (χ4v) is 5.28. The summed E-state index contributed by atoms with van der Waals surface area (Å²) < 4.78 is 3.23. The van der Waals surface area contributed by atoms with E-state index in [0.717, 1.165) is 18.4 Å². The zero-order chi connectivity index (χ0) is 24.2. The molecule has 0 amide bonds. The van der Waals surface area contributed by atoms with Gasteiger partial charge < -0.3 is 9.88 Å². The number of H-pyrrole nitrogens is 1. The molecule has 0 bridgehead atoms. The van der Waals surface area contributed by atoms with Crippen molar-refractivity contribution in [3.8, 4) is 6.07 Å². The van der Waals surface area contributed by atoms with Gasteiger partial charge in [-0.2, -0.15) is 10.4 Å². The van der Waals surface area contributed by atoms with Crippen LogP contribution in [0.15, 0.2) is 54.1 Å². The molecule has 11 heteroatoms. The fraction of sp³-hybridized carbons (Fsp3) is 0.250. The van der Waals surface area contributed by atoms with Crippen LogP contribution < -0.4 is 10.5 Å². The molecule has 10 nitrogen and oxygen atoms in total. The zero-order valence-corrected chi connectivity index (χ0v) is 19.6. The number of nitrogens with one attached hydrogen (secondary N) is 1. The van der Waals surface area contributed by atoms with E-state index in [-0.39, 0.29) is 5.56 Å². The quantitative estimate of drug-likeness (QED) is 0.414. The van der Waals surface area contributed by atoms with E-state index in [1.807, 2.05) is 12.1 Å². The average molecular weight is 486 g/mol.